The smallest absolute Gasteiger partial charge is 0.332 e. The third-order valence-electron chi connectivity index (χ3n) is 1.90. The Bertz CT molecular complexity index is 383. The lowest BCUT2D eigenvalue weighted by molar-refractivity contribution is -0.134. The molecule has 0 aromatic heterocycles. The van der Waals surface area contributed by atoms with Crippen LogP contribution in [-0.4, -0.2) is 13.1 Å². The number of nitrogens with one attached hydrogen (secondary N) is 1. The van der Waals surface area contributed by atoms with Gasteiger partial charge in [-0.05, 0) is 31.5 Å². The molecule has 0 amide bonds. The Morgan fingerprint density at radius 2 is 2.20 bits per heavy atom. The van der Waals surface area contributed by atoms with Crippen molar-refractivity contribution in [3.8, 4) is 0 Å². The average molecular weight is 205 g/mol. The number of allylic oxidation sites excluding steroid dienone is 1. The lowest BCUT2D eigenvalue weighted by Gasteiger charge is -2.06. The van der Waals surface area contributed by atoms with Crippen LogP contribution >= 0.6 is 0 Å². The van der Waals surface area contributed by atoms with Gasteiger partial charge in [-0.2, -0.15) is 0 Å². The number of ether oxygens (including phenoxy) is 1. The minimum atomic E-state index is -0.354. The van der Waals surface area contributed by atoms with Crippen molar-refractivity contribution in [1.29, 1.82) is 0 Å². The molecule has 80 valence electrons. The van der Waals surface area contributed by atoms with E-state index in [2.05, 4.69) is 10.1 Å². The average Bonchev–Trinajstić information content (AvgIpc) is 2.17. The first-order chi connectivity index (χ1) is 7.11. The van der Waals surface area contributed by atoms with Crippen LogP contribution < -0.4 is 5.32 Å². The van der Waals surface area contributed by atoms with E-state index in [1.807, 2.05) is 38.1 Å². The topological polar surface area (TPSA) is 38.3 Å². The summed E-state index contributed by atoms with van der Waals surface area (Å²) in [6.07, 6.45) is 1.42. The van der Waals surface area contributed by atoms with Crippen LogP contribution in [0.3, 0.4) is 0 Å². The summed E-state index contributed by atoms with van der Waals surface area (Å²) in [5.41, 5.74) is 2.89. The summed E-state index contributed by atoms with van der Waals surface area (Å²) in [7, 11) is 1.36. The Balaban J connectivity index is 2.70. The minimum absolute atomic E-state index is 0.354. The summed E-state index contributed by atoms with van der Waals surface area (Å²) >= 11 is 0. The second kappa shape index (κ2) is 5.20. The van der Waals surface area contributed by atoms with E-state index in [0.29, 0.717) is 0 Å². The number of hydrogen-bond donors (Lipinski definition) is 1. The van der Waals surface area contributed by atoms with Gasteiger partial charge >= 0.3 is 5.97 Å². The van der Waals surface area contributed by atoms with Crippen LogP contribution in [0.1, 0.15) is 12.5 Å². The van der Waals surface area contributed by atoms with Crippen molar-refractivity contribution in [2.24, 2.45) is 0 Å². The number of carbonyl (C=O) groups is 1. The second-order valence-corrected chi connectivity index (χ2v) is 3.34. The van der Waals surface area contributed by atoms with Crippen LogP contribution in [0.2, 0.25) is 0 Å². The molecule has 1 aromatic carbocycles. The summed E-state index contributed by atoms with van der Waals surface area (Å²) < 4.78 is 4.53. The van der Waals surface area contributed by atoms with Gasteiger partial charge in [0.15, 0.2) is 0 Å². The van der Waals surface area contributed by atoms with Crippen molar-refractivity contribution < 1.29 is 9.53 Å². The Morgan fingerprint density at radius 1 is 1.47 bits per heavy atom. The van der Waals surface area contributed by atoms with Gasteiger partial charge < -0.3 is 10.1 Å². The predicted molar refractivity (Wildman–Crippen MR) is 60.6 cm³/mol. The maximum atomic E-state index is 10.9. The highest BCUT2D eigenvalue weighted by molar-refractivity contribution is 5.83. The molecular weight excluding hydrogens is 190 g/mol. The van der Waals surface area contributed by atoms with Gasteiger partial charge in [0.2, 0.25) is 0 Å². The summed E-state index contributed by atoms with van der Waals surface area (Å²) in [5.74, 6) is -0.354. The molecule has 0 atom stereocenters. The zero-order chi connectivity index (χ0) is 11.3. The number of carbonyl (C=O) groups excluding carboxylic acids is 1. The number of hydrogen-bond acceptors (Lipinski definition) is 3. The first kappa shape index (κ1) is 11.3. The molecule has 15 heavy (non-hydrogen) atoms. The first-order valence-corrected chi connectivity index (χ1v) is 4.72. The summed E-state index contributed by atoms with van der Waals surface area (Å²) in [4.78, 5) is 10.9. The quantitative estimate of drug-likeness (QED) is 0.608. The number of esters is 1. The molecule has 3 nitrogen and oxygen atoms in total. The lowest BCUT2D eigenvalue weighted by atomic mass is 10.2. The molecular formula is C12H15NO2. The molecule has 1 aromatic rings. The predicted octanol–water partition coefficient (Wildman–Crippen LogP) is 2.48. The van der Waals surface area contributed by atoms with Crippen molar-refractivity contribution in [3.63, 3.8) is 0 Å². The summed E-state index contributed by atoms with van der Waals surface area (Å²) in [5, 5.41) is 3.11. The van der Waals surface area contributed by atoms with E-state index in [9.17, 15) is 4.79 Å². The zero-order valence-corrected chi connectivity index (χ0v) is 9.20. The van der Waals surface area contributed by atoms with Gasteiger partial charge in [0.1, 0.15) is 0 Å². The molecule has 3 heteroatoms. The Kier molecular flexibility index (Phi) is 3.92. The monoisotopic (exact) mass is 205 g/mol. The highest BCUT2D eigenvalue weighted by Gasteiger charge is 1.97. The van der Waals surface area contributed by atoms with E-state index in [4.69, 9.17) is 0 Å². The number of rotatable bonds is 3. The molecule has 0 spiro atoms. The molecule has 0 aliphatic rings. The molecule has 0 aliphatic carbocycles. The van der Waals surface area contributed by atoms with E-state index in [0.717, 1.165) is 11.4 Å². The first-order valence-electron chi connectivity index (χ1n) is 4.72. The summed E-state index contributed by atoms with van der Waals surface area (Å²) in [6.45, 7) is 3.84. The van der Waals surface area contributed by atoms with Crippen LogP contribution in [-0.2, 0) is 9.53 Å². The molecule has 0 aliphatic heterocycles. The van der Waals surface area contributed by atoms with Crippen molar-refractivity contribution in [2.75, 3.05) is 12.4 Å². The van der Waals surface area contributed by atoms with E-state index < -0.39 is 0 Å². The lowest BCUT2D eigenvalue weighted by Crippen LogP contribution is -2.01. The molecule has 0 heterocycles. The van der Waals surface area contributed by atoms with E-state index in [-0.39, 0.29) is 5.97 Å². The largest absolute Gasteiger partial charge is 0.466 e. The van der Waals surface area contributed by atoms with Gasteiger partial charge in [-0.3, -0.25) is 0 Å². The fraction of sp³-hybridized carbons (Fsp3) is 0.250. The molecule has 0 saturated heterocycles. The zero-order valence-electron chi connectivity index (χ0n) is 9.20. The van der Waals surface area contributed by atoms with Crippen molar-refractivity contribution in [2.45, 2.75) is 13.8 Å². The fourth-order valence-electron chi connectivity index (χ4n) is 1.22. The van der Waals surface area contributed by atoms with Crippen LogP contribution in [0.5, 0.6) is 0 Å². The Labute approximate surface area is 89.8 Å². The number of methoxy groups -OCH3 is 1. The standard InChI is InChI=1S/C12H15NO2/c1-9-5-4-6-11(7-9)13-10(2)8-12(14)15-3/h4-8,13H,1-3H3/b10-8+. The molecule has 0 unspecified atom stereocenters. The van der Waals surface area contributed by atoms with Crippen molar-refractivity contribution in [3.05, 3.63) is 41.6 Å². The van der Waals surface area contributed by atoms with Crippen LogP contribution in [0.15, 0.2) is 36.0 Å². The highest BCUT2D eigenvalue weighted by Crippen LogP contribution is 2.11. The molecule has 0 radical (unpaired) electrons. The van der Waals surface area contributed by atoms with Gasteiger partial charge in [-0.25, -0.2) is 4.79 Å². The maximum absolute atomic E-state index is 10.9. The van der Waals surface area contributed by atoms with Gasteiger partial charge in [0.05, 0.1) is 7.11 Å². The third-order valence-corrected chi connectivity index (χ3v) is 1.90. The van der Waals surface area contributed by atoms with Gasteiger partial charge in [-0.1, -0.05) is 12.1 Å². The van der Waals surface area contributed by atoms with Crippen LogP contribution in [0, 0.1) is 6.92 Å². The fourth-order valence-corrected chi connectivity index (χ4v) is 1.22. The Hall–Kier alpha value is -1.77. The van der Waals surface area contributed by atoms with E-state index in [1.54, 1.807) is 0 Å². The van der Waals surface area contributed by atoms with Gasteiger partial charge in [0, 0.05) is 17.5 Å². The molecule has 0 bridgehead atoms. The van der Waals surface area contributed by atoms with Crippen molar-refractivity contribution >= 4 is 11.7 Å². The number of anilines is 1. The normalized spacial score (nSPS) is 11.0. The summed E-state index contributed by atoms with van der Waals surface area (Å²) in [6, 6.07) is 7.93. The highest BCUT2D eigenvalue weighted by atomic mass is 16.5. The molecule has 1 N–H and O–H groups in total. The Morgan fingerprint density at radius 3 is 2.80 bits per heavy atom. The molecule has 1 rings (SSSR count). The minimum Gasteiger partial charge on any atom is -0.466 e. The van der Waals surface area contributed by atoms with Crippen molar-refractivity contribution in [1.82, 2.24) is 0 Å². The third kappa shape index (κ3) is 3.85. The maximum Gasteiger partial charge on any atom is 0.332 e. The van der Waals surface area contributed by atoms with Crippen LogP contribution in [0.25, 0.3) is 0 Å². The van der Waals surface area contributed by atoms with E-state index >= 15 is 0 Å². The van der Waals surface area contributed by atoms with Gasteiger partial charge in [0.25, 0.3) is 0 Å². The molecule has 0 fully saturated rings. The van der Waals surface area contributed by atoms with Gasteiger partial charge in [-0.15, -0.1) is 0 Å². The second-order valence-electron chi connectivity index (χ2n) is 3.34. The number of benzene rings is 1. The SMILES string of the molecule is COC(=O)/C=C(\C)Nc1cccc(C)c1. The number of aryl methyl sites for hydroxylation is 1. The van der Waals surface area contributed by atoms with E-state index in [1.165, 1.54) is 18.7 Å². The van der Waals surface area contributed by atoms with Crippen LogP contribution in [0.4, 0.5) is 5.69 Å². The molecule has 0 saturated carbocycles.